The third-order valence-corrected chi connectivity index (χ3v) is 5.68. The van der Waals surface area contributed by atoms with Crippen molar-refractivity contribution in [2.75, 3.05) is 13.6 Å². The second-order valence-corrected chi connectivity index (χ2v) is 9.49. The smallest absolute Gasteiger partial charge is 0.444 e. The van der Waals surface area contributed by atoms with E-state index in [9.17, 15) is 19.5 Å². The summed E-state index contributed by atoms with van der Waals surface area (Å²) in [5, 5.41) is 10.2. The molecule has 1 aliphatic rings. The molecule has 3 rings (SSSR count). The van der Waals surface area contributed by atoms with Crippen LogP contribution in [0.2, 0.25) is 0 Å². The fraction of sp³-hybridized carbons (Fsp3) is 0.308. The lowest BCUT2D eigenvalue weighted by Gasteiger charge is -2.28. The summed E-state index contributed by atoms with van der Waals surface area (Å²) in [5.41, 5.74) is 0.895. The van der Waals surface area contributed by atoms with E-state index in [1.165, 1.54) is 29.4 Å². The third-order valence-electron chi connectivity index (χ3n) is 5.37. The number of amides is 2. The molecular formula is C26H29ClN3O6+. The highest BCUT2D eigenvalue weighted by Crippen LogP contribution is 2.32. The number of benzene rings is 2. The Morgan fingerprint density at radius 3 is 2.42 bits per heavy atom. The van der Waals surface area contributed by atoms with Gasteiger partial charge in [0.1, 0.15) is 17.6 Å². The molecule has 0 fully saturated rings. The quantitative estimate of drug-likeness (QED) is 0.217. The number of nitrogens with zero attached hydrogens (tertiary/aromatic N) is 3. The standard InChI is InChI=1S/C26H28ClN3O6/c1-26(2,3)36-24(32)29(4)14-12-22-28-13-15-30(22,25(33)34)20-8-10-21(11-9-20)35-23(31)19-7-5-6-18(16-19)17-27/h5-11,13,15-16H,12,14,17H2,1-4H3/p+1. The van der Waals surface area contributed by atoms with E-state index in [0.717, 1.165) is 5.56 Å². The van der Waals surface area contributed by atoms with Crippen LogP contribution in [0.1, 0.15) is 43.1 Å². The van der Waals surface area contributed by atoms with Gasteiger partial charge in [0.15, 0.2) is 5.69 Å². The van der Waals surface area contributed by atoms with Gasteiger partial charge in [-0.2, -0.15) is 4.79 Å². The highest BCUT2D eigenvalue weighted by atomic mass is 35.5. The van der Waals surface area contributed by atoms with Gasteiger partial charge in [-0.1, -0.05) is 12.1 Å². The highest BCUT2D eigenvalue weighted by molar-refractivity contribution is 6.17. The van der Waals surface area contributed by atoms with Gasteiger partial charge in [0.05, 0.1) is 18.2 Å². The van der Waals surface area contributed by atoms with Gasteiger partial charge in [-0.3, -0.25) is 0 Å². The zero-order valence-electron chi connectivity index (χ0n) is 20.6. The maximum Gasteiger partial charge on any atom is 0.529 e. The summed E-state index contributed by atoms with van der Waals surface area (Å²) in [4.78, 5) is 42.9. The summed E-state index contributed by atoms with van der Waals surface area (Å²) >= 11 is 5.83. The summed E-state index contributed by atoms with van der Waals surface area (Å²) in [5.74, 6) is 0.302. The fourth-order valence-electron chi connectivity index (χ4n) is 3.55. The van der Waals surface area contributed by atoms with E-state index in [4.69, 9.17) is 21.1 Å². The Morgan fingerprint density at radius 2 is 1.81 bits per heavy atom. The SMILES string of the molecule is CN(CCC1=NC=C[N+]1(C(=O)O)c1ccc(OC(=O)c2cccc(CCl)c2)cc1)C(=O)OC(C)(C)C. The number of halogens is 1. The molecule has 1 unspecified atom stereocenters. The molecule has 2 aromatic carbocycles. The van der Waals surface area contributed by atoms with E-state index in [0.29, 0.717) is 17.1 Å². The molecule has 0 spiro atoms. The molecule has 0 saturated heterocycles. The predicted molar refractivity (Wildman–Crippen MR) is 137 cm³/mol. The lowest BCUT2D eigenvalue weighted by Crippen LogP contribution is -2.52. The number of rotatable bonds is 7. The lowest BCUT2D eigenvalue weighted by atomic mass is 10.1. The van der Waals surface area contributed by atoms with Gasteiger partial charge in [-0.25, -0.2) is 14.6 Å². The van der Waals surface area contributed by atoms with Crippen LogP contribution in [0.25, 0.3) is 0 Å². The predicted octanol–water partition coefficient (Wildman–Crippen LogP) is 5.77. The van der Waals surface area contributed by atoms with Crippen molar-refractivity contribution in [2.45, 2.75) is 38.7 Å². The largest absolute Gasteiger partial charge is 0.529 e. The molecular weight excluding hydrogens is 486 g/mol. The number of hydrogen-bond acceptors (Lipinski definition) is 6. The first kappa shape index (κ1) is 26.9. The first-order valence-electron chi connectivity index (χ1n) is 11.3. The summed E-state index contributed by atoms with van der Waals surface area (Å²) in [6.07, 6.45) is 1.40. The van der Waals surface area contributed by atoms with Crippen LogP contribution >= 0.6 is 11.6 Å². The summed E-state index contributed by atoms with van der Waals surface area (Å²) in [6, 6.07) is 13.0. The molecule has 2 amide bonds. The first-order chi connectivity index (χ1) is 17.0. The van der Waals surface area contributed by atoms with Crippen LogP contribution in [0.15, 0.2) is 65.9 Å². The Morgan fingerprint density at radius 1 is 1.11 bits per heavy atom. The van der Waals surface area contributed by atoms with Gasteiger partial charge in [-0.15, -0.1) is 16.1 Å². The van der Waals surface area contributed by atoms with Gasteiger partial charge < -0.3 is 19.5 Å². The third kappa shape index (κ3) is 6.10. The number of alkyl halides is 1. The molecule has 0 aromatic heterocycles. The van der Waals surface area contributed by atoms with Gasteiger partial charge in [0, 0.05) is 31.6 Å². The van der Waals surface area contributed by atoms with Crippen molar-refractivity contribution < 1.29 is 29.0 Å². The van der Waals surface area contributed by atoms with Crippen molar-refractivity contribution in [2.24, 2.45) is 4.99 Å². The molecule has 1 atom stereocenters. The van der Waals surface area contributed by atoms with Crippen molar-refractivity contribution in [1.29, 1.82) is 0 Å². The Bertz CT molecular complexity index is 1200. The summed E-state index contributed by atoms with van der Waals surface area (Å²) in [6.45, 7) is 5.52. The van der Waals surface area contributed by atoms with E-state index in [2.05, 4.69) is 4.99 Å². The Hall–Kier alpha value is -3.69. The van der Waals surface area contributed by atoms with E-state index in [1.807, 2.05) is 0 Å². The molecule has 36 heavy (non-hydrogen) atoms. The molecule has 0 bridgehead atoms. The lowest BCUT2D eigenvalue weighted by molar-refractivity contribution is 0.0302. The number of carbonyl (C=O) groups excluding carboxylic acids is 2. The summed E-state index contributed by atoms with van der Waals surface area (Å²) < 4.78 is 10.1. The van der Waals surface area contributed by atoms with Crippen molar-refractivity contribution in [3.8, 4) is 5.75 Å². The number of esters is 1. The van der Waals surface area contributed by atoms with Crippen molar-refractivity contribution in [3.05, 3.63) is 72.1 Å². The van der Waals surface area contributed by atoms with E-state index < -0.39 is 28.2 Å². The Balaban J connectivity index is 1.74. The molecule has 10 heteroatoms. The van der Waals surface area contributed by atoms with E-state index in [-0.39, 0.29) is 24.6 Å². The molecule has 0 radical (unpaired) electrons. The normalized spacial score (nSPS) is 16.9. The van der Waals surface area contributed by atoms with Crippen LogP contribution in [-0.2, 0) is 10.6 Å². The van der Waals surface area contributed by atoms with Gasteiger partial charge in [0.2, 0.25) is 5.84 Å². The Kier molecular flexibility index (Phi) is 8.17. The molecule has 1 aliphatic heterocycles. The van der Waals surface area contributed by atoms with Crippen LogP contribution < -0.4 is 9.22 Å². The van der Waals surface area contributed by atoms with Crippen LogP contribution in [0.3, 0.4) is 0 Å². The number of quaternary nitrogens is 1. The number of ether oxygens (including phenoxy) is 2. The van der Waals surface area contributed by atoms with E-state index in [1.54, 1.807) is 64.2 Å². The topological polar surface area (TPSA) is 106 Å². The summed E-state index contributed by atoms with van der Waals surface area (Å²) in [7, 11) is 1.58. The van der Waals surface area contributed by atoms with Gasteiger partial charge in [0.25, 0.3) is 0 Å². The minimum absolute atomic E-state index is 0.197. The zero-order chi connectivity index (χ0) is 26.5. The zero-order valence-corrected chi connectivity index (χ0v) is 21.4. The van der Waals surface area contributed by atoms with Crippen LogP contribution in [0.5, 0.6) is 5.75 Å². The van der Waals surface area contributed by atoms with Crippen LogP contribution in [0.4, 0.5) is 15.3 Å². The molecule has 2 aromatic rings. The molecule has 0 saturated carbocycles. The number of hydrogen-bond donors (Lipinski definition) is 1. The second kappa shape index (κ2) is 10.9. The molecule has 0 aliphatic carbocycles. The van der Waals surface area contributed by atoms with Gasteiger partial charge >= 0.3 is 18.2 Å². The second-order valence-electron chi connectivity index (χ2n) is 9.22. The van der Waals surface area contributed by atoms with Crippen LogP contribution in [0, 0.1) is 0 Å². The Labute approximate surface area is 214 Å². The average Bonchev–Trinajstić information content (AvgIpc) is 3.27. The van der Waals surface area contributed by atoms with Crippen LogP contribution in [-0.4, -0.2) is 53.2 Å². The number of aliphatic imine (C=N–C) groups is 1. The minimum atomic E-state index is -1.16. The monoisotopic (exact) mass is 514 g/mol. The molecule has 1 N–H and O–H groups in total. The number of amidine groups is 1. The molecule has 9 nitrogen and oxygen atoms in total. The average molecular weight is 515 g/mol. The maximum absolute atomic E-state index is 12.5. The highest BCUT2D eigenvalue weighted by Gasteiger charge is 2.46. The van der Waals surface area contributed by atoms with Crippen molar-refractivity contribution >= 4 is 41.3 Å². The minimum Gasteiger partial charge on any atom is -0.444 e. The fourth-order valence-corrected chi connectivity index (χ4v) is 3.72. The molecule has 1 heterocycles. The van der Waals surface area contributed by atoms with Crippen molar-refractivity contribution in [3.63, 3.8) is 0 Å². The van der Waals surface area contributed by atoms with Gasteiger partial charge in [-0.05, 0) is 50.6 Å². The van der Waals surface area contributed by atoms with E-state index >= 15 is 0 Å². The molecule has 190 valence electrons. The van der Waals surface area contributed by atoms with Crippen molar-refractivity contribution in [1.82, 2.24) is 9.38 Å². The first-order valence-corrected chi connectivity index (χ1v) is 11.8. The number of carbonyl (C=O) groups is 3. The number of carboxylic acid groups (broad SMARTS) is 1. The maximum atomic E-state index is 12.5.